The van der Waals surface area contributed by atoms with Crippen LogP contribution in [0.3, 0.4) is 0 Å². The van der Waals surface area contributed by atoms with Crippen LogP contribution in [0.25, 0.3) is 0 Å². The van der Waals surface area contributed by atoms with E-state index in [0.717, 1.165) is 54.3 Å². The molecule has 0 spiro atoms. The van der Waals surface area contributed by atoms with Gasteiger partial charge in [-0.1, -0.05) is 6.92 Å². The monoisotopic (exact) mass is 396 g/mol. The second kappa shape index (κ2) is 7.51. The number of thiophene rings is 1. The highest BCUT2D eigenvalue weighted by Gasteiger charge is 2.23. The summed E-state index contributed by atoms with van der Waals surface area (Å²) in [6.07, 6.45) is 1.89. The number of hydrogen-bond acceptors (Lipinski definition) is 5. The van der Waals surface area contributed by atoms with E-state index in [4.69, 9.17) is 9.97 Å². The van der Waals surface area contributed by atoms with Crippen LogP contribution in [0.4, 0.5) is 21.8 Å². The van der Waals surface area contributed by atoms with Gasteiger partial charge in [0, 0.05) is 27.5 Å². The minimum absolute atomic E-state index is 0.238. The summed E-state index contributed by atoms with van der Waals surface area (Å²) in [6, 6.07) is 7.02. The second-order valence-electron chi connectivity index (χ2n) is 7.36. The highest BCUT2D eigenvalue weighted by atomic mass is 32.1. The lowest BCUT2D eigenvalue weighted by Crippen LogP contribution is -2.31. The van der Waals surface area contributed by atoms with Crippen LogP contribution in [0, 0.1) is 26.6 Å². The Labute approximate surface area is 169 Å². The fourth-order valence-electron chi connectivity index (χ4n) is 3.79. The first kappa shape index (κ1) is 18.9. The van der Waals surface area contributed by atoms with Crippen molar-refractivity contribution in [2.75, 3.05) is 16.8 Å². The van der Waals surface area contributed by atoms with Crippen molar-refractivity contribution in [3.63, 3.8) is 0 Å². The quantitative estimate of drug-likeness (QED) is 0.635. The van der Waals surface area contributed by atoms with Crippen molar-refractivity contribution in [1.82, 2.24) is 9.97 Å². The molecule has 3 heterocycles. The normalized spacial score (nSPS) is 13.5. The van der Waals surface area contributed by atoms with Crippen LogP contribution in [-0.2, 0) is 19.4 Å². The largest absolute Gasteiger partial charge is 0.351 e. The van der Waals surface area contributed by atoms with Gasteiger partial charge >= 0.3 is 0 Å². The van der Waals surface area contributed by atoms with Gasteiger partial charge in [0.1, 0.15) is 11.6 Å². The van der Waals surface area contributed by atoms with Crippen molar-refractivity contribution in [1.29, 1.82) is 0 Å². The molecule has 1 aliphatic heterocycles. The molecule has 4 nitrogen and oxygen atoms in total. The fourth-order valence-corrected chi connectivity index (χ4v) is 4.90. The maximum Gasteiger partial charge on any atom is 0.229 e. The van der Waals surface area contributed by atoms with Crippen LogP contribution < -0.4 is 10.2 Å². The molecule has 28 heavy (non-hydrogen) atoms. The Morgan fingerprint density at radius 1 is 1.18 bits per heavy atom. The Balaban J connectivity index is 1.68. The number of rotatable bonds is 4. The molecule has 0 atom stereocenters. The van der Waals surface area contributed by atoms with Gasteiger partial charge in [-0.2, -0.15) is 4.98 Å². The molecule has 1 aliphatic rings. The summed E-state index contributed by atoms with van der Waals surface area (Å²) in [7, 11) is 0. The number of aryl methyl sites for hydroxylation is 3. The van der Waals surface area contributed by atoms with Gasteiger partial charge in [0.25, 0.3) is 0 Å². The van der Waals surface area contributed by atoms with E-state index in [0.29, 0.717) is 5.95 Å². The minimum atomic E-state index is -0.238. The lowest BCUT2D eigenvalue weighted by Gasteiger charge is -2.30. The molecule has 0 fully saturated rings. The van der Waals surface area contributed by atoms with Gasteiger partial charge in [0.05, 0.1) is 12.2 Å². The van der Waals surface area contributed by atoms with Gasteiger partial charge in [0.2, 0.25) is 5.95 Å². The van der Waals surface area contributed by atoms with Crippen molar-refractivity contribution in [2.24, 2.45) is 0 Å². The molecule has 3 aromatic rings. The fraction of sp³-hybridized carbons (Fsp3) is 0.364. The zero-order valence-electron chi connectivity index (χ0n) is 16.8. The van der Waals surface area contributed by atoms with E-state index in [1.807, 2.05) is 18.3 Å². The lowest BCUT2D eigenvalue weighted by molar-refractivity contribution is 0.627. The molecule has 0 aliphatic carbocycles. The Hall–Kier alpha value is -2.47. The van der Waals surface area contributed by atoms with Crippen LogP contribution in [0.2, 0.25) is 0 Å². The van der Waals surface area contributed by atoms with Crippen molar-refractivity contribution >= 4 is 28.8 Å². The maximum absolute atomic E-state index is 13.4. The molecule has 4 rings (SSSR count). The predicted octanol–water partition coefficient (Wildman–Crippen LogP) is 5.47. The smallest absolute Gasteiger partial charge is 0.229 e. The van der Waals surface area contributed by atoms with Crippen LogP contribution >= 0.6 is 11.3 Å². The molecular formula is C22H25FN4S. The number of halogens is 1. The zero-order chi connectivity index (χ0) is 19.8. The van der Waals surface area contributed by atoms with Crippen molar-refractivity contribution < 1.29 is 4.39 Å². The number of fused-ring (bicyclic) bond motifs is 1. The van der Waals surface area contributed by atoms with Crippen LogP contribution in [0.1, 0.15) is 39.1 Å². The molecule has 1 aromatic carbocycles. The lowest BCUT2D eigenvalue weighted by atomic mass is 10.1. The highest BCUT2D eigenvalue weighted by molar-refractivity contribution is 7.12. The summed E-state index contributed by atoms with van der Waals surface area (Å²) >= 11 is 1.88. The number of nitrogens with one attached hydrogen (secondary N) is 1. The summed E-state index contributed by atoms with van der Waals surface area (Å²) in [5.41, 5.74) is 5.32. The van der Waals surface area contributed by atoms with E-state index in [2.05, 4.69) is 37.1 Å². The number of aromatic nitrogens is 2. The molecule has 146 valence electrons. The van der Waals surface area contributed by atoms with E-state index >= 15 is 0 Å². The van der Waals surface area contributed by atoms with E-state index in [1.54, 1.807) is 6.07 Å². The number of hydrogen-bond donors (Lipinski definition) is 1. The van der Waals surface area contributed by atoms with Crippen molar-refractivity contribution in [2.45, 2.75) is 47.1 Å². The summed E-state index contributed by atoms with van der Waals surface area (Å²) < 4.78 is 13.4. The Kier molecular flexibility index (Phi) is 5.06. The number of benzene rings is 1. The van der Waals surface area contributed by atoms with Crippen molar-refractivity contribution in [3.05, 3.63) is 62.2 Å². The summed E-state index contributed by atoms with van der Waals surface area (Å²) in [6.45, 7) is 10.1. The second-order valence-corrected chi connectivity index (χ2v) is 8.70. The third-order valence-electron chi connectivity index (χ3n) is 5.30. The van der Waals surface area contributed by atoms with Gasteiger partial charge in [-0.3, -0.25) is 0 Å². The molecule has 6 heteroatoms. The molecule has 0 amide bonds. The van der Waals surface area contributed by atoms with E-state index in [9.17, 15) is 4.39 Å². The first-order valence-electron chi connectivity index (χ1n) is 9.68. The van der Waals surface area contributed by atoms with Crippen LogP contribution in [0.5, 0.6) is 0 Å². The molecule has 0 unspecified atom stereocenters. The predicted molar refractivity (Wildman–Crippen MR) is 114 cm³/mol. The standard InChI is InChI=1S/C22H25FN4S/c1-5-18-15(4)21(27-9-8-16-11-14(3)28-20(16)12-27)26-22(24-18)25-19-7-6-17(23)10-13(19)2/h6-7,10-11H,5,8-9,12H2,1-4H3,(H,24,25,26). The Morgan fingerprint density at radius 2 is 2.00 bits per heavy atom. The zero-order valence-corrected chi connectivity index (χ0v) is 17.6. The Bertz CT molecular complexity index is 1030. The van der Waals surface area contributed by atoms with E-state index < -0.39 is 0 Å². The van der Waals surface area contributed by atoms with Gasteiger partial charge in [-0.05, 0) is 69.0 Å². The topological polar surface area (TPSA) is 41.1 Å². The highest BCUT2D eigenvalue weighted by Crippen LogP contribution is 2.32. The van der Waals surface area contributed by atoms with E-state index in [-0.39, 0.29) is 5.82 Å². The van der Waals surface area contributed by atoms with Gasteiger partial charge in [-0.25, -0.2) is 9.37 Å². The molecule has 2 aromatic heterocycles. The molecule has 0 bridgehead atoms. The molecule has 0 saturated heterocycles. The van der Waals surface area contributed by atoms with Gasteiger partial charge in [-0.15, -0.1) is 11.3 Å². The molecular weight excluding hydrogens is 371 g/mol. The molecule has 0 saturated carbocycles. The minimum Gasteiger partial charge on any atom is -0.351 e. The summed E-state index contributed by atoms with van der Waals surface area (Å²) in [4.78, 5) is 14.7. The summed E-state index contributed by atoms with van der Waals surface area (Å²) in [5, 5.41) is 3.29. The Morgan fingerprint density at radius 3 is 2.75 bits per heavy atom. The average molecular weight is 397 g/mol. The third kappa shape index (κ3) is 3.61. The SMILES string of the molecule is CCc1nc(Nc2ccc(F)cc2C)nc(N2CCc3cc(C)sc3C2)c1C. The molecule has 1 N–H and O–H groups in total. The van der Waals surface area contributed by atoms with Crippen LogP contribution in [0.15, 0.2) is 24.3 Å². The third-order valence-corrected chi connectivity index (χ3v) is 6.37. The van der Waals surface area contributed by atoms with Gasteiger partial charge < -0.3 is 10.2 Å². The van der Waals surface area contributed by atoms with E-state index in [1.165, 1.54) is 27.5 Å². The van der Waals surface area contributed by atoms with Crippen LogP contribution in [-0.4, -0.2) is 16.5 Å². The molecule has 0 radical (unpaired) electrons. The first-order valence-corrected chi connectivity index (χ1v) is 10.5. The first-order chi connectivity index (χ1) is 13.4. The van der Waals surface area contributed by atoms with Gasteiger partial charge in [0.15, 0.2) is 0 Å². The average Bonchev–Trinajstić information content (AvgIpc) is 3.04. The van der Waals surface area contributed by atoms with Crippen molar-refractivity contribution in [3.8, 4) is 0 Å². The maximum atomic E-state index is 13.4. The number of nitrogens with zero attached hydrogens (tertiary/aromatic N) is 3. The number of anilines is 3. The summed E-state index contributed by atoms with van der Waals surface area (Å²) in [5.74, 6) is 1.32.